The predicted octanol–water partition coefficient (Wildman–Crippen LogP) is 1.93. The number of carbonyl (C=O) groups is 1. The molecule has 0 radical (unpaired) electrons. The zero-order valence-corrected chi connectivity index (χ0v) is 15.6. The van der Waals surface area contributed by atoms with Gasteiger partial charge in [0.25, 0.3) is 5.91 Å². The summed E-state index contributed by atoms with van der Waals surface area (Å²) in [5, 5.41) is 2.60. The molecule has 0 atom stereocenters. The van der Waals surface area contributed by atoms with E-state index in [1.807, 2.05) is 6.92 Å². The fourth-order valence-corrected chi connectivity index (χ4v) is 4.69. The second-order valence-corrected chi connectivity index (χ2v) is 9.01. The highest BCUT2D eigenvalue weighted by molar-refractivity contribution is 7.91. The zero-order valence-electron chi connectivity index (χ0n) is 14.7. The third kappa shape index (κ3) is 3.63. The number of hydrogen-bond donors (Lipinski definition) is 1. The molecule has 0 saturated carbocycles. The van der Waals surface area contributed by atoms with Gasteiger partial charge >= 0.3 is 0 Å². The minimum absolute atomic E-state index is 0.0356. The van der Waals surface area contributed by atoms with Gasteiger partial charge in [0.2, 0.25) is 5.95 Å². The Bertz CT molecular complexity index is 964. The van der Waals surface area contributed by atoms with Gasteiger partial charge < -0.3 is 14.6 Å². The molecular formula is C17H20FN3O4S. The molecule has 2 aromatic rings. The SMILES string of the molecule is Cc1cc(NC(=O)c2cc(S(=O)(=O)CC3(C)COC3)cn2C)cnc1F. The van der Waals surface area contributed by atoms with E-state index in [0.29, 0.717) is 24.5 Å². The molecule has 1 amide bonds. The van der Waals surface area contributed by atoms with Crippen LogP contribution in [0.4, 0.5) is 10.1 Å². The van der Waals surface area contributed by atoms with Crippen molar-refractivity contribution in [3.8, 4) is 0 Å². The van der Waals surface area contributed by atoms with Gasteiger partial charge in [0, 0.05) is 24.2 Å². The number of sulfone groups is 1. The summed E-state index contributed by atoms with van der Waals surface area (Å²) in [5.74, 6) is -1.14. The molecule has 9 heteroatoms. The lowest BCUT2D eigenvalue weighted by Gasteiger charge is -2.37. The predicted molar refractivity (Wildman–Crippen MR) is 93.3 cm³/mol. The molecule has 140 valence electrons. The van der Waals surface area contributed by atoms with Crippen molar-refractivity contribution in [3.05, 3.63) is 41.7 Å². The third-order valence-corrected chi connectivity index (χ3v) is 6.30. The molecule has 1 N–H and O–H groups in total. The Morgan fingerprint density at radius 3 is 2.69 bits per heavy atom. The van der Waals surface area contributed by atoms with E-state index in [4.69, 9.17) is 4.74 Å². The van der Waals surface area contributed by atoms with Crippen LogP contribution in [0.3, 0.4) is 0 Å². The number of ether oxygens (including phenoxy) is 1. The van der Waals surface area contributed by atoms with Crippen LogP contribution in [0.5, 0.6) is 0 Å². The van der Waals surface area contributed by atoms with E-state index in [9.17, 15) is 17.6 Å². The molecule has 26 heavy (non-hydrogen) atoms. The molecule has 0 bridgehead atoms. The van der Waals surface area contributed by atoms with Crippen molar-refractivity contribution < 1.29 is 22.3 Å². The summed E-state index contributed by atoms with van der Waals surface area (Å²) in [4.78, 5) is 16.1. The Hall–Kier alpha value is -2.26. The maximum Gasteiger partial charge on any atom is 0.272 e. The van der Waals surface area contributed by atoms with Crippen molar-refractivity contribution in [2.75, 3.05) is 24.3 Å². The maximum absolute atomic E-state index is 13.2. The van der Waals surface area contributed by atoms with Gasteiger partial charge in [0.1, 0.15) is 5.69 Å². The second kappa shape index (κ2) is 6.48. The first kappa shape index (κ1) is 18.5. The van der Waals surface area contributed by atoms with Crippen LogP contribution in [0, 0.1) is 18.3 Å². The summed E-state index contributed by atoms with van der Waals surface area (Å²) in [5.41, 5.74) is 0.419. The molecule has 2 aromatic heterocycles. The first-order chi connectivity index (χ1) is 12.1. The summed E-state index contributed by atoms with van der Waals surface area (Å²) in [6.07, 6.45) is 2.62. The number of nitrogens with one attached hydrogen (secondary N) is 1. The molecule has 7 nitrogen and oxygen atoms in total. The lowest BCUT2D eigenvalue weighted by atomic mass is 9.92. The van der Waals surface area contributed by atoms with Gasteiger partial charge in [0.05, 0.1) is 35.7 Å². The summed E-state index contributed by atoms with van der Waals surface area (Å²) < 4.78 is 45.0. The number of pyridine rings is 1. The Kier molecular flexibility index (Phi) is 4.61. The van der Waals surface area contributed by atoms with Gasteiger partial charge in [-0.3, -0.25) is 4.79 Å². The van der Waals surface area contributed by atoms with E-state index in [2.05, 4.69) is 10.3 Å². The highest BCUT2D eigenvalue weighted by Gasteiger charge is 2.39. The Morgan fingerprint density at radius 1 is 1.42 bits per heavy atom. The molecule has 0 spiro atoms. The number of hydrogen-bond acceptors (Lipinski definition) is 5. The molecule has 3 heterocycles. The molecular weight excluding hydrogens is 361 g/mol. The van der Waals surface area contributed by atoms with Crippen molar-refractivity contribution in [1.29, 1.82) is 0 Å². The second-order valence-electron chi connectivity index (χ2n) is 7.02. The van der Waals surface area contributed by atoms with Gasteiger partial charge in [-0.1, -0.05) is 6.92 Å². The van der Waals surface area contributed by atoms with Crippen LogP contribution in [0.2, 0.25) is 0 Å². The van der Waals surface area contributed by atoms with E-state index in [0.717, 1.165) is 0 Å². The van der Waals surface area contributed by atoms with Crippen LogP contribution in [0.25, 0.3) is 0 Å². The molecule has 1 saturated heterocycles. The number of anilines is 1. The number of rotatable bonds is 5. The van der Waals surface area contributed by atoms with Crippen molar-refractivity contribution in [2.45, 2.75) is 18.7 Å². The largest absolute Gasteiger partial charge is 0.380 e. The lowest BCUT2D eigenvalue weighted by molar-refractivity contribution is -0.0870. The maximum atomic E-state index is 13.2. The number of nitrogens with zero attached hydrogens (tertiary/aromatic N) is 2. The normalized spacial score (nSPS) is 16.2. The highest BCUT2D eigenvalue weighted by Crippen LogP contribution is 2.31. The summed E-state index contributed by atoms with van der Waals surface area (Å²) in [6, 6.07) is 2.80. The molecule has 3 rings (SSSR count). The number of amides is 1. The zero-order chi connectivity index (χ0) is 19.1. The van der Waals surface area contributed by atoms with Gasteiger partial charge in [-0.25, -0.2) is 13.4 Å². The monoisotopic (exact) mass is 381 g/mol. The fraction of sp³-hybridized carbons (Fsp3) is 0.412. The van der Waals surface area contributed by atoms with Gasteiger partial charge in [-0.2, -0.15) is 4.39 Å². The third-order valence-electron chi connectivity index (χ3n) is 4.28. The van der Waals surface area contributed by atoms with Gasteiger partial charge in [-0.05, 0) is 19.1 Å². The number of halogens is 1. The van der Waals surface area contributed by atoms with Crippen LogP contribution in [-0.2, 0) is 21.6 Å². The number of aromatic nitrogens is 2. The quantitative estimate of drug-likeness (QED) is 0.800. The van der Waals surface area contributed by atoms with E-state index >= 15 is 0 Å². The Balaban J connectivity index is 1.80. The smallest absolute Gasteiger partial charge is 0.272 e. The van der Waals surface area contributed by atoms with Crippen LogP contribution < -0.4 is 5.32 Å². The average Bonchev–Trinajstić information content (AvgIpc) is 2.92. The topological polar surface area (TPSA) is 90.3 Å². The van der Waals surface area contributed by atoms with E-state index in [-0.39, 0.29) is 16.3 Å². The number of aryl methyl sites for hydroxylation is 2. The van der Waals surface area contributed by atoms with Crippen molar-refractivity contribution >= 4 is 21.4 Å². The molecule has 1 fully saturated rings. The minimum atomic E-state index is -3.54. The van der Waals surface area contributed by atoms with E-state index < -0.39 is 27.1 Å². The van der Waals surface area contributed by atoms with Crippen LogP contribution in [0.15, 0.2) is 29.4 Å². The highest BCUT2D eigenvalue weighted by atomic mass is 32.2. The fourth-order valence-electron chi connectivity index (χ4n) is 2.83. The first-order valence-electron chi connectivity index (χ1n) is 8.00. The minimum Gasteiger partial charge on any atom is -0.380 e. The summed E-state index contributed by atoms with van der Waals surface area (Å²) in [6.45, 7) is 4.21. The Labute approximate surface area is 151 Å². The van der Waals surface area contributed by atoms with E-state index in [1.165, 1.54) is 36.0 Å². The first-order valence-corrected chi connectivity index (χ1v) is 9.65. The van der Waals surface area contributed by atoms with Crippen LogP contribution in [-0.4, -0.2) is 42.8 Å². The van der Waals surface area contributed by atoms with Gasteiger partial charge in [-0.15, -0.1) is 0 Å². The van der Waals surface area contributed by atoms with Gasteiger partial charge in [0.15, 0.2) is 9.84 Å². The Morgan fingerprint density at radius 2 is 2.12 bits per heavy atom. The van der Waals surface area contributed by atoms with E-state index in [1.54, 1.807) is 7.05 Å². The standard InChI is InChI=1S/C17H20FN3O4S/c1-11-4-12(6-19-15(11)18)20-16(22)14-5-13(7-21(14)3)26(23,24)10-17(2)8-25-9-17/h4-7H,8-10H2,1-3H3,(H,20,22). The number of carbonyl (C=O) groups excluding carboxylic acids is 1. The average molecular weight is 381 g/mol. The molecule has 0 unspecified atom stereocenters. The van der Waals surface area contributed by atoms with Crippen LogP contribution >= 0.6 is 0 Å². The van der Waals surface area contributed by atoms with Crippen molar-refractivity contribution in [2.24, 2.45) is 12.5 Å². The molecule has 1 aliphatic rings. The summed E-state index contributed by atoms with van der Waals surface area (Å²) >= 11 is 0. The van der Waals surface area contributed by atoms with Crippen molar-refractivity contribution in [1.82, 2.24) is 9.55 Å². The van der Waals surface area contributed by atoms with Crippen LogP contribution in [0.1, 0.15) is 23.0 Å². The molecule has 0 aromatic carbocycles. The van der Waals surface area contributed by atoms with Crippen molar-refractivity contribution in [3.63, 3.8) is 0 Å². The molecule has 0 aliphatic carbocycles. The lowest BCUT2D eigenvalue weighted by Crippen LogP contribution is -2.45. The molecule has 1 aliphatic heterocycles. The summed E-state index contributed by atoms with van der Waals surface area (Å²) in [7, 11) is -1.95.